The van der Waals surface area contributed by atoms with E-state index in [2.05, 4.69) is 10.6 Å². The maximum absolute atomic E-state index is 12.1. The summed E-state index contributed by atoms with van der Waals surface area (Å²) in [4.78, 5) is 23.8. The summed E-state index contributed by atoms with van der Waals surface area (Å²) in [6.45, 7) is 7.91. The Bertz CT molecular complexity index is 498. The maximum Gasteiger partial charge on any atom is 0.229 e. The molecule has 1 aromatic carbocycles. The summed E-state index contributed by atoms with van der Waals surface area (Å²) in [6.07, 6.45) is 0. The van der Waals surface area contributed by atoms with E-state index in [-0.39, 0.29) is 29.6 Å². The van der Waals surface area contributed by atoms with Crippen molar-refractivity contribution in [2.24, 2.45) is 23.5 Å². The van der Waals surface area contributed by atoms with Crippen LogP contribution in [0.25, 0.3) is 0 Å². The molecule has 0 fully saturated rings. The average Bonchev–Trinajstić information content (AvgIpc) is 2.39. The predicted octanol–water partition coefficient (Wildman–Crippen LogP) is 2.45. The fraction of sp³-hybridized carbons (Fsp3) is 0.500. The van der Waals surface area contributed by atoms with Crippen molar-refractivity contribution in [2.75, 3.05) is 17.2 Å². The number of amides is 2. The van der Waals surface area contributed by atoms with Crippen LogP contribution in [0.2, 0.25) is 0 Å². The monoisotopic (exact) mass is 291 g/mol. The van der Waals surface area contributed by atoms with Gasteiger partial charge in [0.15, 0.2) is 0 Å². The molecule has 0 spiro atoms. The molecule has 1 aromatic rings. The Morgan fingerprint density at radius 3 is 2.00 bits per heavy atom. The number of nitrogens with one attached hydrogen (secondary N) is 2. The van der Waals surface area contributed by atoms with Gasteiger partial charge in [0, 0.05) is 23.8 Å². The number of nitrogens with two attached hydrogens (primary N) is 1. The highest BCUT2D eigenvalue weighted by atomic mass is 16.2. The fourth-order valence-electron chi connectivity index (χ4n) is 1.88. The quantitative estimate of drug-likeness (QED) is 0.752. The summed E-state index contributed by atoms with van der Waals surface area (Å²) >= 11 is 0. The van der Waals surface area contributed by atoms with E-state index in [0.717, 1.165) is 0 Å². The highest BCUT2D eigenvalue weighted by Gasteiger charge is 2.20. The first-order valence-corrected chi connectivity index (χ1v) is 7.27. The van der Waals surface area contributed by atoms with Crippen LogP contribution in [0.4, 0.5) is 11.4 Å². The van der Waals surface area contributed by atoms with Crippen molar-refractivity contribution < 1.29 is 9.59 Å². The third kappa shape index (κ3) is 5.19. The summed E-state index contributed by atoms with van der Waals surface area (Å²) in [5.74, 6) is -0.288. The van der Waals surface area contributed by atoms with Gasteiger partial charge in [0.25, 0.3) is 0 Å². The Morgan fingerprint density at radius 1 is 1.05 bits per heavy atom. The third-order valence-electron chi connectivity index (χ3n) is 3.32. The molecule has 1 rings (SSSR count). The van der Waals surface area contributed by atoms with Gasteiger partial charge in [-0.2, -0.15) is 0 Å². The van der Waals surface area contributed by atoms with E-state index >= 15 is 0 Å². The zero-order chi connectivity index (χ0) is 16.0. The molecule has 21 heavy (non-hydrogen) atoms. The number of carbonyl (C=O) groups is 2. The SMILES string of the molecule is CC(C)C(=O)Nc1cccc(NC(=O)C(CN)C(C)C)c1. The summed E-state index contributed by atoms with van der Waals surface area (Å²) in [6, 6.07) is 7.11. The van der Waals surface area contributed by atoms with Crippen molar-refractivity contribution in [1.82, 2.24) is 0 Å². The second kappa shape index (κ2) is 7.78. The smallest absolute Gasteiger partial charge is 0.229 e. The van der Waals surface area contributed by atoms with Crippen LogP contribution >= 0.6 is 0 Å². The molecule has 0 aromatic heterocycles. The van der Waals surface area contributed by atoms with Crippen molar-refractivity contribution >= 4 is 23.2 Å². The Kier molecular flexibility index (Phi) is 6.37. The van der Waals surface area contributed by atoms with Gasteiger partial charge >= 0.3 is 0 Å². The second-order valence-corrected chi connectivity index (χ2v) is 5.80. The highest BCUT2D eigenvalue weighted by Crippen LogP contribution is 2.18. The van der Waals surface area contributed by atoms with Crippen LogP contribution in [-0.2, 0) is 9.59 Å². The van der Waals surface area contributed by atoms with E-state index < -0.39 is 0 Å². The number of rotatable bonds is 6. The second-order valence-electron chi connectivity index (χ2n) is 5.80. The normalized spacial score (nSPS) is 12.3. The van der Waals surface area contributed by atoms with E-state index in [1.165, 1.54) is 0 Å². The summed E-state index contributed by atoms with van der Waals surface area (Å²) in [7, 11) is 0. The number of hydrogen-bond donors (Lipinski definition) is 3. The Morgan fingerprint density at radius 2 is 1.57 bits per heavy atom. The highest BCUT2D eigenvalue weighted by molar-refractivity contribution is 5.95. The first-order valence-electron chi connectivity index (χ1n) is 7.27. The minimum Gasteiger partial charge on any atom is -0.330 e. The Hall–Kier alpha value is -1.88. The third-order valence-corrected chi connectivity index (χ3v) is 3.32. The van der Waals surface area contributed by atoms with Crippen LogP contribution in [0, 0.1) is 17.8 Å². The number of benzene rings is 1. The Labute approximate surface area is 126 Å². The lowest BCUT2D eigenvalue weighted by Gasteiger charge is -2.18. The zero-order valence-corrected chi connectivity index (χ0v) is 13.1. The van der Waals surface area contributed by atoms with Crippen molar-refractivity contribution in [3.8, 4) is 0 Å². The molecule has 0 bridgehead atoms. The van der Waals surface area contributed by atoms with Crippen molar-refractivity contribution in [2.45, 2.75) is 27.7 Å². The first-order chi connectivity index (χ1) is 9.85. The van der Waals surface area contributed by atoms with Gasteiger partial charge in [-0.05, 0) is 24.1 Å². The van der Waals surface area contributed by atoms with Crippen molar-refractivity contribution in [3.05, 3.63) is 24.3 Å². The van der Waals surface area contributed by atoms with E-state index in [9.17, 15) is 9.59 Å². The molecule has 5 nitrogen and oxygen atoms in total. The standard InChI is InChI=1S/C16H25N3O2/c1-10(2)14(9-17)16(21)19-13-7-5-6-12(8-13)18-15(20)11(3)4/h5-8,10-11,14H,9,17H2,1-4H3,(H,18,20)(H,19,21). The molecule has 1 unspecified atom stereocenters. The summed E-state index contributed by atoms with van der Waals surface area (Å²) in [5, 5.41) is 5.65. The predicted molar refractivity (Wildman–Crippen MR) is 85.9 cm³/mol. The number of hydrogen-bond acceptors (Lipinski definition) is 3. The molecule has 0 aliphatic carbocycles. The Balaban J connectivity index is 2.77. The van der Waals surface area contributed by atoms with E-state index in [1.54, 1.807) is 24.3 Å². The molecule has 5 heteroatoms. The number of anilines is 2. The average molecular weight is 291 g/mol. The lowest BCUT2D eigenvalue weighted by molar-refractivity contribution is -0.121. The van der Waals surface area contributed by atoms with E-state index in [0.29, 0.717) is 17.9 Å². The van der Waals surface area contributed by atoms with Gasteiger partial charge < -0.3 is 16.4 Å². The fourth-order valence-corrected chi connectivity index (χ4v) is 1.88. The van der Waals surface area contributed by atoms with Crippen LogP contribution in [-0.4, -0.2) is 18.4 Å². The molecular weight excluding hydrogens is 266 g/mol. The lowest BCUT2D eigenvalue weighted by Crippen LogP contribution is -2.33. The van der Waals surface area contributed by atoms with Crippen molar-refractivity contribution in [1.29, 1.82) is 0 Å². The van der Waals surface area contributed by atoms with Gasteiger partial charge in [-0.25, -0.2) is 0 Å². The van der Waals surface area contributed by atoms with Gasteiger partial charge in [-0.15, -0.1) is 0 Å². The van der Waals surface area contributed by atoms with Gasteiger partial charge in [0.05, 0.1) is 5.92 Å². The van der Waals surface area contributed by atoms with Gasteiger partial charge in [-0.3, -0.25) is 9.59 Å². The molecule has 0 aliphatic rings. The summed E-state index contributed by atoms with van der Waals surface area (Å²) in [5.41, 5.74) is 6.96. The van der Waals surface area contributed by atoms with Crippen LogP contribution in [0.3, 0.4) is 0 Å². The van der Waals surface area contributed by atoms with Crippen LogP contribution in [0.1, 0.15) is 27.7 Å². The minimum atomic E-state index is -0.223. The minimum absolute atomic E-state index is 0.0551. The van der Waals surface area contributed by atoms with Crippen LogP contribution in [0.15, 0.2) is 24.3 Å². The first kappa shape index (κ1) is 17.2. The molecule has 0 aliphatic heterocycles. The molecule has 0 heterocycles. The molecular formula is C16H25N3O2. The maximum atomic E-state index is 12.1. The van der Waals surface area contributed by atoms with Gasteiger partial charge in [0.1, 0.15) is 0 Å². The van der Waals surface area contributed by atoms with E-state index in [4.69, 9.17) is 5.73 Å². The van der Waals surface area contributed by atoms with Crippen LogP contribution < -0.4 is 16.4 Å². The topological polar surface area (TPSA) is 84.2 Å². The van der Waals surface area contributed by atoms with Crippen molar-refractivity contribution in [3.63, 3.8) is 0 Å². The lowest BCUT2D eigenvalue weighted by atomic mass is 9.95. The largest absolute Gasteiger partial charge is 0.330 e. The molecule has 116 valence electrons. The molecule has 0 radical (unpaired) electrons. The molecule has 1 atom stereocenters. The molecule has 0 saturated heterocycles. The van der Waals surface area contributed by atoms with Crippen LogP contribution in [0.5, 0.6) is 0 Å². The molecule has 2 amide bonds. The van der Waals surface area contributed by atoms with Gasteiger partial charge in [-0.1, -0.05) is 33.8 Å². The molecule has 4 N–H and O–H groups in total. The summed E-state index contributed by atoms with van der Waals surface area (Å²) < 4.78 is 0. The zero-order valence-electron chi connectivity index (χ0n) is 13.1. The number of carbonyl (C=O) groups excluding carboxylic acids is 2. The van der Waals surface area contributed by atoms with Gasteiger partial charge in [0.2, 0.25) is 11.8 Å². The van der Waals surface area contributed by atoms with E-state index in [1.807, 2.05) is 27.7 Å². The molecule has 0 saturated carbocycles.